The third kappa shape index (κ3) is 3.72. The second kappa shape index (κ2) is 6.00. The minimum atomic E-state index is 0.500. The summed E-state index contributed by atoms with van der Waals surface area (Å²) in [5.41, 5.74) is 0. The van der Waals surface area contributed by atoms with Crippen LogP contribution in [0.1, 0.15) is 32.1 Å². The molecule has 3 nitrogen and oxygen atoms in total. The first-order valence-electron chi connectivity index (χ1n) is 4.72. The molecular formula is C9H17NO2. The summed E-state index contributed by atoms with van der Waals surface area (Å²) in [6.07, 6.45) is 6.61. The van der Waals surface area contributed by atoms with Crippen molar-refractivity contribution in [2.45, 2.75) is 38.1 Å². The lowest BCUT2D eigenvalue weighted by Gasteiger charge is -2.22. The third-order valence-corrected chi connectivity index (χ3v) is 2.33. The molecule has 0 atom stereocenters. The zero-order valence-electron chi connectivity index (χ0n) is 7.42. The van der Waals surface area contributed by atoms with Crippen LogP contribution in [0.25, 0.3) is 0 Å². The van der Waals surface area contributed by atoms with Crippen molar-refractivity contribution in [3.8, 4) is 0 Å². The summed E-state index contributed by atoms with van der Waals surface area (Å²) in [6, 6.07) is 0.661. The lowest BCUT2D eigenvalue weighted by Crippen LogP contribution is -2.33. The molecule has 1 fully saturated rings. The molecule has 1 N–H and O–H groups in total. The molecule has 0 aliphatic heterocycles. The number of nitrogens with one attached hydrogen (secondary N) is 1. The van der Waals surface area contributed by atoms with Crippen LogP contribution in [0.3, 0.4) is 0 Å². The molecule has 0 aromatic rings. The zero-order chi connectivity index (χ0) is 8.65. The van der Waals surface area contributed by atoms with Gasteiger partial charge in [-0.3, -0.25) is 4.79 Å². The highest BCUT2D eigenvalue weighted by molar-refractivity contribution is 5.36. The molecule has 1 rings (SSSR count). The Hall–Kier alpha value is -0.570. The first kappa shape index (κ1) is 9.52. The SMILES string of the molecule is O=COCCNC1CCCCC1. The smallest absolute Gasteiger partial charge is 0.293 e. The second-order valence-electron chi connectivity index (χ2n) is 3.26. The third-order valence-electron chi connectivity index (χ3n) is 2.33. The molecule has 0 unspecified atom stereocenters. The van der Waals surface area contributed by atoms with Crippen LogP contribution in [0, 0.1) is 0 Å². The van der Waals surface area contributed by atoms with Gasteiger partial charge < -0.3 is 10.1 Å². The molecular weight excluding hydrogens is 154 g/mol. The van der Waals surface area contributed by atoms with Crippen molar-refractivity contribution in [1.82, 2.24) is 5.32 Å². The molecule has 1 aliphatic rings. The normalized spacial score (nSPS) is 19.0. The number of carbonyl (C=O) groups excluding carboxylic acids is 1. The Morgan fingerprint density at radius 3 is 2.75 bits per heavy atom. The fourth-order valence-corrected chi connectivity index (χ4v) is 1.68. The average Bonchev–Trinajstić information content (AvgIpc) is 2.14. The number of hydrogen-bond acceptors (Lipinski definition) is 3. The molecule has 1 aliphatic carbocycles. The van der Waals surface area contributed by atoms with E-state index < -0.39 is 0 Å². The van der Waals surface area contributed by atoms with Gasteiger partial charge in [0.2, 0.25) is 0 Å². The lowest BCUT2D eigenvalue weighted by molar-refractivity contribution is -0.128. The van der Waals surface area contributed by atoms with Crippen molar-refractivity contribution in [3.63, 3.8) is 0 Å². The van der Waals surface area contributed by atoms with Crippen molar-refractivity contribution >= 4 is 6.47 Å². The predicted octanol–water partition coefficient (Wildman–Crippen LogP) is 1.08. The Labute approximate surface area is 73.5 Å². The van der Waals surface area contributed by atoms with E-state index in [9.17, 15) is 4.79 Å². The van der Waals surface area contributed by atoms with Gasteiger partial charge in [-0.2, -0.15) is 0 Å². The number of hydrogen-bond donors (Lipinski definition) is 1. The van der Waals surface area contributed by atoms with E-state index in [1.165, 1.54) is 32.1 Å². The molecule has 0 spiro atoms. The quantitative estimate of drug-likeness (QED) is 0.497. The highest BCUT2D eigenvalue weighted by Gasteiger charge is 2.11. The van der Waals surface area contributed by atoms with Gasteiger partial charge in [-0.15, -0.1) is 0 Å². The van der Waals surface area contributed by atoms with E-state index in [-0.39, 0.29) is 0 Å². The minimum Gasteiger partial charge on any atom is -0.467 e. The van der Waals surface area contributed by atoms with Crippen LogP contribution in [-0.2, 0) is 9.53 Å². The lowest BCUT2D eigenvalue weighted by atomic mass is 9.96. The average molecular weight is 171 g/mol. The van der Waals surface area contributed by atoms with Crippen LogP contribution < -0.4 is 5.32 Å². The molecule has 0 heterocycles. The van der Waals surface area contributed by atoms with Crippen LogP contribution in [-0.4, -0.2) is 25.7 Å². The molecule has 3 heteroatoms. The topological polar surface area (TPSA) is 38.3 Å². The maximum absolute atomic E-state index is 9.81. The summed E-state index contributed by atoms with van der Waals surface area (Å²) in [6.45, 7) is 1.80. The Kier molecular flexibility index (Phi) is 4.76. The number of rotatable bonds is 5. The largest absolute Gasteiger partial charge is 0.467 e. The van der Waals surface area contributed by atoms with E-state index in [0.717, 1.165) is 6.54 Å². The Morgan fingerprint density at radius 2 is 2.08 bits per heavy atom. The van der Waals surface area contributed by atoms with Crippen molar-refractivity contribution in [2.24, 2.45) is 0 Å². The maximum atomic E-state index is 9.81. The summed E-state index contributed by atoms with van der Waals surface area (Å²) in [5, 5.41) is 3.37. The van der Waals surface area contributed by atoms with E-state index in [4.69, 9.17) is 0 Å². The Morgan fingerprint density at radius 1 is 1.33 bits per heavy atom. The van der Waals surface area contributed by atoms with Crippen LogP contribution in [0.15, 0.2) is 0 Å². The van der Waals surface area contributed by atoms with E-state index in [0.29, 0.717) is 19.1 Å². The second-order valence-corrected chi connectivity index (χ2v) is 3.26. The van der Waals surface area contributed by atoms with E-state index in [2.05, 4.69) is 10.1 Å². The van der Waals surface area contributed by atoms with Gasteiger partial charge in [-0.05, 0) is 12.8 Å². The van der Waals surface area contributed by atoms with Gasteiger partial charge >= 0.3 is 0 Å². The van der Waals surface area contributed by atoms with Gasteiger partial charge in [0, 0.05) is 12.6 Å². The molecule has 0 radical (unpaired) electrons. The fourth-order valence-electron chi connectivity index (χ4n) is 1.68. The molecule has 0 amide bonds. The van der Waals surface area contributed by atoms with Crippen molar-refractivity contribution < 1.29 is 9.53 Å². The van der Waals surface area contributed by atoms with E-state index in [1.54, 1.807) is 0 Å². The van der Waals surface area contributed by atoms with Gasteiger partial charge in [0.05, 0.1) is 0 Å². The summed E-state index contributed by atoms with van der Waals surface area (Å²) < 4.78 is 4.58. The Balaban J connectivity index is 1.94. The van der Waals surface area contributed by atoms with Crippen molar-refractivity contribution in [1.29, 1.82) is 0 Å². The number of carbonyl (C=O) groups is 1. The fraction of sp³-hybridized carbons (Fsp3) is 0.889. The van der Waals surface area contributed by atoms with E-state index in [1.807, 2.05) is 0 Å². The molecule has 1 saturated carbocycles. The monoisotopic (exact) mass is 171 g/mol. The van der Waals surface area contributed by atoms with Gasteiger partial charge in [0.15, 0.2) is 0 Å². The first-order valence-corrected chi connectivity index (χ1v) is 4.72. The summed E-state index contributed by atoms with van der Waals surface area (Å²) >= 11 is 0. The van der Waals surface area contributed by atoms with Crippen LogP contribution >= 0.6 is 0 Å². The van der Waals surface area contributed by atoms with Gasteiger partial charge in [-0.25, -0.2) is 0 Å². The number of ether oxygens (including phenoxy) is 1. The van der Waals surface area contributed by atoms with Gasteiger partial charge in [0.1, 0.15) is 6.61 Å². The van der Waals surface area contributed by atoms with Crippen molar-refractivity contribution in [3.05, 3.63) is 0 Å². The molecule has 0 saturated heterocycles. The molecule has 0 bridgehead atoms. The summed E-state index contributed by atoms with van der Waals surface area (Å²) in [4.78, 5) is 9.81. The molecule has 12 heavy (non-hydrogen) atoms. The summed E-state index contributed by atoms with van der Waals surface area (Å²) in [7, 11) is 0. The van der Waals surface area contributed by atoms with Gasteiger partial charge in [-0.1, -0.05) is 19.3 Å². The minimum absolute atomic E-state index is 0.500. The van der Waals surface area contributed by atoms with E-state index >= 15 is 0 Å². The van der Waals surface area contributed by atoms with Crippen LogP contribution in [0.4, 0.5) is 0 Å². The first-order chi connectivity index (χ1) is 5.93. The van der Waals surface area contributed by atoms with Gasteiger partial charge in [0.25, 0.3) is 6.47 Å². The predicted molar refractivity (Wildman–Crippen MR) is 46.9 cm³/mol. The Bertz CT molecular complexity index is 122. The summed E-state index contributed by atoms with van der Waals surface area (Å²) in [5.74, 6) is 0. The van der Waals surface area contributed by atoms with Crippen molar-refractivity contribution in [2.75, 3.05) is 13.2 Å². The van der Waals surface area contributed by atoms with Crippen LogP contribution in [0.5, 0.6) is 0 Å². The van der Waals surface area contributed by atoms with Crippen LogP contribution in [0.2, 0.25) is 0 Å². The molecule has 0 aromatic heterocycles. The molecule has 70 valence electrons. The standard InChI is InChI=1S/C9H17NO2/c11-8-12-7-6-10-9-4-2-1-3-5-9/h8-10H,1-7H2. The highest BCUT2D eigenvalue weighted by atomic mass is 16.5. The molecule has 0 aromatic carbocycles. The highest BCUT2D eigenvalue weighted by Crippen LogP contribution is 2.16. The zero-order valence-corrected chi connectivity index (χ0v) is 7.42. The maximum Gasteiger partial charge on any atom is 0.293 e.